The summed E-state index contributed by atoms with van der Waals surface area (Å²) in [5, 5.41) is 20.4. The van der Waals surface area contributed by atoms with Crippen molar-refractivity contribution in [3.05, 3.63) is 41.6 Å². The summed E-state index contributed by atoms with van der Waals surface area (Å²) in [6.07, 6.45) is 3.08. The normalized spacial score (nSPS) is 15.9. The number of methoxy groups -OCH3 is 1. The summed E-state index contributed by atoms with van der Waals surface area (Å²) < 4.78 is 11.0. The van der Waals surface area contributed by atoms with Crippen LogP contribution < -0.4 is 5.32 Å². The third-order valence-corrected chi connectivity index (χ3v) is 5.05. The zero-order valence-electron chi connectivity index (χ0n) is 17.1. The minimum absolute atomic E-state index is 0.263. The van der Waals surface area contributed by atoms with Crippen molar-refractivity contribution in [1.29, 1.82) is 5.41 Å². The Kier molecular flexibility index (Phi) is 7.17. The van der Waals surface area contributed by atoms with Crippen LogP contribution in [0.3, 0.4) is 0 Å². The minimum Gasteiger partial charge on any atom is -0.419 e. The number of benzene rings is 1. The maximum atomic E-state index is 8.55. The number of hydrogen-bond acceptors (Lipinski definition) is 7. The average Bonchev–Trinajstić information content (AvgIpc) is 3.18. The Morgan fingerprint density at radius 2 is 2.04 bits per heavy atom. The van der Waals surface area contributed by atoms with E-state index < -0.39 is 0 Å². The molecule has 2 aromatic rings. The number of aromatic nitrogens is 2. The highest BCUT2D eigenvalue weighted by Crippen LogP contribution is 2.28. The second-order valence-electron chi connectivity index (χ2n) is 7.63. The lowest BCUT2D eigenvalue weighted by atomic mass is 9.97. The summed E-state index contributed by atoms with van der Waals surface area (Å²) in [6, 6.07) is 8.05. The first-order valence-electron chi connectivity index (χ1n) is 10.1. The molecular weight excluding hydrogens is 354 g/mol. The molecule has 0 radical (unpaired) electrons. The van der Waals surface area contributed by atoms with Gasteiger partial charge in [0.2, 0.25) is 5.89 Å². The van der Waals surface area contributed by atoms with Gasteiger partial charge < -0.3 is 19.4 Å². The molecule has 1 aromatic heterocycles. The molecule has 1 aliphatic rings. The van der Waals surface area contributed by atoms with Crippen LogP contribution in [0.5, 0.6) is 0 Å². The molecule has 28 heavy (non-hydrogen) atoms. The average molecular weight is 386 g/mol. The number of anilines is 1. The summed E-state index contributed by atoms with van der Waals surface area (Å²) in [6.45, 7) is 8.09. The molecule has 0 spiro atoms. The van der Waals surface area contributed by atoms with Crippen LogP contribution in [0.25, 0.3) is 0 Å². The van der Waals surface area contributed by atoms with Crippen LogP contribution in [-0.2, 0) is 4.74 Å². The zero-order valence-corrected chi connectivity index (χ0v) is 17.1. The molecule has 0 unspecified atom stereocenters. The third kappa shape index (κ3) is 5.17. The summed E-state index contributed by atoms with van der Waals surface area (Å²) in [4.78, 5) is 2.46. The van der Waals surface area contributed by atoms with Gasteiger partial charge in [0, 0.05) is 43.5 Å². The van der Waals surface area contributed by atoms with Crippen molar-refractivity contribution >= 4 is 11.4 Å². The molecule has 0 bridgehead atoms. The van der Waals surface area contributed by atoms with Gasteiger partial charge in [-0.05, 0) is 52.3 Å². The molecule has 0 atom stereocenters. The van der Waals surface area contributed by atoms with Gasteiger partial charge in [-0.25, -0.2) is 0 Å². The van der Waals surface area contributed by atoms with Gasteiger partial charge in [-0.15, -0.1) is 10.2 Å². The maximum absolute atomic E-state index is 8.55. The first-order chi connectivity index (χ1) is 13.6. The molecule has 0 aliphatic carbocycles. The molecule has 0 saturated carbocycles. The van der Waals surface area contributed by atoms with Gasteiger partial charge in [0.1, 0.15) is 5.71 Å². The lowest BCUT2D eigenvalue weighted by Crippen LogP contribution is -2.34. The van der Waals surface area contributed by atoms with Gasteiger partial charge in [0.15, 0.2) is 0 Å². The maximum Gasteiger partial charge on any atom is 0.266 e. The first kappa shape index (κ1) is 20.5. The lowest BCUT2D eigenvalue weighted by molar-refractivity contribution is 0.153. The van der Waals surface area contributed by atoms with E-state index in [-0.39, 0.29) is 23.6 Å². The molecule has 152 valence electrons. The predicted octanol–water partition coefficient (Wildman–Crippen LogP) is 3.52. The van der Waals surface area contributed by atoms with Gasteiger partial charge in [0.25, 0.3) is 5.89 Å². The zero-order chi connectivity index (χ0) is 19.9. The second-order valence-corrected chi connectivity index (χ2v) is 7.63. The van der Waals surface area contributed by atoms with Crippen LogP contribution in [0, 0.1) is 5.41 Å². The fourth-order valence-corrected chi connectivity index (χ4v) is 3.59. The van der Waals surface area contributed by atoms with Crippen molar-refractivity contribution in [2.75, 3.05) is 38.7 Å². The van der Waals surface area contributed by atoms with Crippen molar-refractivity contribution in [1.82, 2.24) is 15.1 Å². The van der Waals surface area contributed by atoms with Gasteiger partial charge in [0.05, 0.1) is 0 Å². The number of para-hydroxylation sites is 1. The molecule has 7 nitrogen and oxygen atoms in total. The topological polar surface area (TPSA) is 87.3 Å². The van der Waals surface area contributed by atoms with Crippen molar-refractivity contribution in [2.24, 2.45) is 0 Å². The number of piperidine rings is 1. The molecule has 1 saturated heterocycles. The van der Waals surface area contributed by atoms with Crippen LogP contribution in [-0.4, -0.2) is 60.2 Å². The highest BCUT2D eigenvalue weighted by atomic mass is 16.5. The van der Waals surface area contributed by atoms with Crippen molar-refractivity contribution < 1.29 is 9.15 Å². The van der Waals surface area contributed by atoms with Crippen LogP contribution in [0.15, 0.2) is 28.7 Å². The molecule has 7 heteroatoms. The van der Waals surface area contributed by atoms with Gasteiger partial charge in [-0.2, -0.15) is 0 Å². The lowest BCUT2D eigenvalue weighted by Gasteiger charge is -2.30. The van der Waals surface area contributed by atoms with E-state index in [1.807, 2.05) is 24.3 Å². The number of nitrogens with one attached hydrogen (secondary N) is 2. The summed E-state index contributed by atoms with van der Waals surface area (Å²) in [5.74, 6) is 1.22. The highest BCUT2D eigenvalue weighted by molar-refractivity contribution is 6.11. The Balaban J connectivity index is 1.63. The second kappa shape index (κ2) is 9.80. The van der Waals surface area contributed by atoms with E-state index >= 15 is 0 Å². The van der Waals surface area contributed by atoms with Crippen LogP contribution in [0.1, 0.15) is 56.4 Å². The van der Waals surface area contributed by atoms with Crippen LogP contribution in [0.4, 0.5) is 5.69 Å². The van der Waals surface area contributed by atoms with Crippen molar-refractivity contribution in [2.45, 2.75) is 45.1 Å². The van der Waals surface area contributed by atoms with E-state index in [1.165, 1.54) is 0 Å². The van der Waals surface area contributed by atoms with E-state index in [9.17, 15) is 0 Å². The Bertz CT molecular complexity index is 766. The molecule has 2 N–H and O–H groups in total. The van der Waals surface area contributed by atoms with Gasteiger partial charge in [-0.3, -0.25) is 5.41 Å². The Morgan fingerprint density at radius 3 is 2.75 bits per heavy atom. The molecule has 3 rings (SSSR count). The molecular formula is C21H31N5O2. The number of likely N-dealkylation sites (tertiary alicyclic amines) is 1. The quantitative estimate of drug-likeness (QED) is 0.507. The van der Waals surface area contributed by atoms with Crippen LogP contribution >= 0.6 is 0 Å². The first-order valence-corrected chi connectivity index (χ1v) is 10.1. The standard InChI is InChI=1S/C21H31N5O2/c1-15(2)23-18-8-5-4-7-17(18)19(22)21-25-24-20(28-21)16-9-12-26(13-10-16)11-6-14-27-3/h4-5,7-8,15-16,22-23H,6,9-14H2,1-3H3. The number of nitrogens with zero attached hydrogens (tertiary/aromatic N) is 3. The van der Waals surface area contributed by atoms with E-state index in [4.69, 9.17) is 14.6 Å². The number of hydrogen-bond donors (Lipinski definition) is 2. The van der Waals surface area contributed by atoms with Gasteiger partial charge >= 0.3 is 0 Å². The Hall–Kier alpha value is -2.25. The van der Waals surface area contributed by atoms with E-state index in [1.54, 1.807) is 7.11 Å². The molecule has 1 aliphatic heterocycles. The third-order valence-electron chi connectivity index (χ3n) is 5.05. The fourth-order valence-electron chi connectivity index (χ4n) is 3.59. The number of rotatable bonds is 9. The van der Waals surface area contributed by atoms with E-state index in [0.29, 0.717) is 5.89 Å². The molecule has 0 amide bonds. The number of ether oxygens (including phenoxy) is 1. The monoisotopic (exact) mass is 385 g/mol. The smallest absolute Gasteiger partial charge is 0.266 e. The largest absolute Gasteiger partial charge is 0.419 e. The Labute approximate surface area is 167 Å². The highest BCUT2D eigenvalue weighted by Gasteiger charge is 2.26. The minimum atomic E-state index is 0.263. The Morgan fingerprint density at radius 1 is 1.29 bits per heavy atom. The van der Waals surface area contributed by atoms with Crippen molar-refractivity contribution in [3.8, 4) is 0 Å². The molecule has 2 heterocycles. The van der Waals surface area contributed by atoms with E-state index in [2.05, 4.69) is 34.3 Å². The summed E-state index contributed by atoms with van der Waals surface area (Å²) >= 11 is 0. The summed E-state index contributed by atoms with van der Waals surface area (Å²) in [5.41, 5.74) is 1.95. The SMILES string of the molecule is COCCCN1CCC(c2nnc(C(=N)c3ccccc3NC(C)C)o2)CC1. The fraction of sp³-hybridized carbons (Fsp3) is 0.571. The molecule has 1 aromatic carbocycles. The van der Waals surface area contributed by atoms with E-state index in [0.717, 1.165) is 56.8 Å². The van der Waals surface area contributed by atoms with Gasteiger partial charge in [-0.1, -0.05) is 18.2 Å². The summed E-state index contributed by atoms with van der Waals surface area (Å²) in [7, 11) is 1.74. The predicted molar refractivity (Wildman–Crippen MR) is 110 cm³/mol. The molecule has 1 fully saturated rings. The van der Waals surface area contributed by atoms with Crippen LogP contribution in [0.2, 0.25) is 0 Å². The van der Waals surface area contributed by atoms with Crippen molar-refractivity contribution in [3.63, 3.8) is 0 Å².